The molecule has 4 aromatic heterocycles. The summed E-state index contributed by atoms with van der Waals surface area (Å²) in [7, 11) is -3.21. The zero-order chi connectivity index (χ0) is 59.7. The minimum Gasteiger partial charge on any atom is -0.726 e. The lowest BCUT2D eigenvalue weighted by Gasteiger charge is -2.36. The van der Waals surface area contributed by atoms with Gasteiger partial charge in [0, 0.05) is 111 Å². The number of hydrogen-bond donors (Lipinski definition) is 1. The van der Waals surface area contributed by atoms with Crippen LogP contribution in [0.5, 0.6) is 0 Å². The van der Waals surface area contributed by atoms with Crippen molar-refractivity contribution in [2.75, 3.05) is 81.0 Å². The predicted molar refractivity (Wildman–Crippen MR) is 323 cm³/mol. The third-order valence-electron chi connectivity index (χ3n) is 14.2. The van der Waals surface area contributed by atoms with Crippen LogP contribution in [0.15, 0.2) is 161 Å². The zero-order valence-corrected chi connectivity index (χ0v) is 49.6. The number of pyridine rings is 4. The van der Waals surface area contributed by atoms with Crippen LogP contribution >= 0.6 is 0 Å². The van der Waals surface area contributed by atoms with E-state index < -0.39 is 20.8 Å². The van der Waals surface area contributed by atoms with E-state index in [0.717, 1.165) is 62.6 Å². The highest BCUT2D eigenvalue weighted by Gasteiger charge is 2.26. The smallest absolute Gasteiger partial charge is 0.399 e. The van der Waals surface area contributed by atoms with Gasteiger partial charge in [-0.1, -0.05) is 18.2 Å². The molecule has 0 bridgehead atoms. The normalized spacial score (nSPS) is 15.0. The van der Waals surface area contributed by atoms with E-state index in [1.165, 1.54) is 137 Å². The number of nitrogen functional groups attached to an aromatic ring is 1. The van der Waals surface area contributed by atoms with Crippen molar-refractivity contribution in [3.63, 3.8) is 0 Å². The van der Waals surface area contributed by atoms with E-state index in [1.54, 1.807) is 78.3 Å². The number of nitrogens with two attached hydrogens (primary N) is 1. The molecule has 13 rings (SSSR count). The van der Waals surface area contributed by atoms with E-state index in [9.17, 15) is 21.4 Å². The number of diazo groups is 1. The number of aryl methyl sites for hydroxylation is 7. The molecule has 6 aliphatic rings. The first kappa shape index (κ1) is 63.4. The van der Waals surface area contributed by atoms with Crippen molar-refractivity contribution in [2.24, 2.45) is 27.5 Å². The summed E-state index contributed by atoms with van der Waals surface area (Å²) in [6, 6.07) is 30.1. The van der Waals surface area contributed by atoms with Crippen LogP contribution in [0.1, 0.15) is 71.9 Å². The molecule has 0 spiro atoms. The van der Waals surface area contributed by atoms with Gasteiger partial charge in [0.15, 0.2) is 17.4 Å². The molecular weight excluding hydrogens is 1110 g/mol. The molecular formula is C60H73N14O8S2+. The fourth-order valence-electron chi connectivity index (χ4n) is 10.4. The summed E-state index contributed by atoms with van der Waals surface area (Å²) in [4.78, 5) is 22.1. The number of benzene rings is 3. The van der Waals surface area contributed by atoms with Crippen LogP contribution in [0, 0.1) is 5.39 Å². The van der Waals surface area contributed by atoms with Gasteiger partial charge in [-0.05, 0) is 159 Å². The van der Waals surface area contributed by atoms with Gasteiger partial charge in [0.2, 0.25) is 15.8 Å². The van der Waals surface area contributed by atoms with Gasteiger partial charge in [-0.2, -0.15) is 28.9 Å². The number of nitrogens with zero attached hydrogens (tertiary/aromatic N) is 13. The molecule has 0 amide bonds. The maximum absolute atomic E-state index is 9.92. The average Bonchev–Trinajstić information content (AvgIpc) is 3.71. The molecule has 10 heterocycles. The Labute approximate surface area is 493 Å². The maximum Gasteiger partial charge on any atom is 0.399 e. The lowest BCUT2D eigenvalue weighted by Crippen LogP contribution is -2.34. The number of aromatic nitrogens is 4. The first-order chi connectivity index (χ1) is 40.6. The highest BCUT2D eigenvalue weighted by atomic mass is 32.3. The fourth-order valence-corrected chi connectivity index (χ4v) is 10.6. The largest absolute Gasteiger partial charge is 0.726 e. The van der Waals surface area contributed by atoms with E-state index in [2.05, 4.69) is 110 Å². The van der Waals surface area contributed by atoms with E-state index in [0.29, 0.717) is 5.69 Å². The summed E-state index contributed by atoms with van der Waals surface area (Å²) >= 11 is 0. The molecule has 0 saturated heterocycles. The van der Waals surface area contributed by atoms with Crippen molar-refractivity contribution in [2.45, 2.75) is 77.0 Å². The Hall–Kier alpha value is -8.18. The molecule has 84 heavy (non-hydrogen) atoms. The van der Waals surface area contributed by atoms with Crippen LogP contribution in [0.25, 0.3) is 4.98 Å². The van der Waals surface area contributed by atoms with Crippen molar-refractivity contribution in [1.82, 2.24) is 15.0 Å². The molecule has 2 N–H and O–H groups in total. The van der Waals surface area contributed by atoms with Crippen LogP contribution in [0.3, 0.4) is 0 Å². The second-order valence-electron chi connectivity index (χ2n) is 20.0. The lowest BCUT2D eigenvalue weighted by molar-refractivity contribution is -0.671. The van der Waals surface area contributed by atoms with Crippen LogP contribution in [0.2, 0.25) is 0 Å². The first-order valence-corrected chi connectivity index (χ1v) is 30.5. The molecule has 0 saturated carbocycles. The van der Waals surface area contributed by atoms with Crippen LogP contribution in [-0.4, -0.2) is 96.9 Å². The van der Waals surface area contributed by atoms with Gasteiger partial charge < -0.3 is 25.0 Å². The van der Waals surface area contributed by atoms with Gasteiger partial charge in [-0.3, -0.25) is 27.5 Å². The van der Waals surface area contributed by atoms with Gasteiger partial charge in [0.1, 0.15) is 7.05 Å². The molecule has 0 fully saturated rings. The van der Waals surface area contributed by atoms with Crippen molar-refractivity contribution in [1.29, 1.82) is 5.39 Å². The lowest BCUT2D eigenvalue weighted by atomic mass is 9.91. The van der Waals surface area contributed by atoms with Crippen molar-refractivity contribution < 1.29 is 38.5 Å². The average molecular weight is 1180 g/mol. The Bertz CT molecular complexity index is 3440. The second kappa shape index (κ2) is 32.0. The zero-order valence-electron chi connectivity index (χ0n) is 48.0. The Morgan fingerprint density at radius 3 is 1.13 bits per heavy atom. The summed E-state index contributed by atoms with van der Waals surface area (Å²) in [6.45, 7) is 7.40. The van der Waals surface area contributed by atoms with Crippen LogP contribution in [0.4, 0.5) is 51.2 Å². The van der Waals surface area contributed by atoms with Gasteiger partial charge in [-0.25, -0.2) is 13.0 Å². The summed E-state index contributed by atoms with van der Waals surface area (Å²) in [5.74, 6) is 0. The summed E-state index contributed by atoms with van der Waals surface area (Å²) in [6.07, 6.45) is 28.8. The second-order valence-corrected chi connectivity index (χ2v) is 22.6. The quantitative estimate of drug-likeness (QED) is 0.0510. The molecule has 442 valence electrons. The molecule has 0 atom stereocenters. The molecule has 3 aromatic carbocycles. The predicted octanol–water partition coefficient (Wildman–Crippen LogP) is 11.1. The van der Waals surface area contributed by atoms with Crippen molar-refractivity contribution in [3.05, 3.63) is 179 Å². The standard InChI is InChI=1S/C18H21N4.C17H18N4.C12H15N.C5H4N3.C5H6N2.C2H6O4S.CH4O4S/c1-21-10-6-16(7-11-21)19-20-17-12-14-4-2-8-22-9-3-5-15(13-17)18(14)22;1-3-13-11-16(20-19-15-5-7-18-8-6-15)12-14-4-2-10-21(9-1)17(13)14;1-4-10-6-2-8-13-9-3-7-11(5-1)12(10)13;6-8-5-1-3-7-4-2-5;6-5-1-3-7-4-2-5;1-5-7(3,4)6-2;1-5-6(2,3)4/h6-7,10-13H,2-5,8-9H2,1H3;5-8,11-12H,1-4,9-10H2;1,4-5H,2-3,6-9H2;1-4H;1-4H,(H2,6,7);1-2H3;1H3,(H,2,3,4)/q+1;;;+1;;;/p-1. The van der Waals surface area contributed by atoms with E-state index in [1.807, 2.05) is 48.3 Å². The summed E-state index contributed by atoms with van der Waals surface area (Å²) < 4.78 is 60.5. The molecule has 0 unspecified atom stereocenters. The van der Waals surface area contributed by atoms with Crippen molar-refractivity contribution in [3.8, 4) is 0 Å². The third kappa shape index (κ3) is 19.7. The number of anilines is 4. The fraction of sp³-hybridized carbons (Fsp3) is 0.367. The monoisotopic (exact) mass is 1180 g/mol. The maximum atomic E-state index is 9.92. The topological polar surface area (TPSA) is 275 Å². The van der Waals surface area contributed by atoms with Gasteiger partial charge in [0.05, 0.1) is 56.2 Å². The van der Waals surface area contributed by atoms with E-state index in [-0.39, 0.29) is 0 Å². The molecule has 24 heteroatoms. The number of rotatable bonds is 7. The number of azo groups is 2. The van der Waals surface area contributed by atoms with Gasteiger partial charge in [0.25, 0.3) is 0 Å². The highest BCUT2D eigenvalue weighted by Crippen LogP contribution is 2.40. The Kier molecular flexibility index (Phi) is 24.2. The third-order valence-corrected chi connectivity index (χ3v) is 15.4. The van der Waals surface area contributed by atoms with E-state index >= 15 is 0 Å². The highest BCUT2D eigenvalue weighted by molar-refractivity contribution is 7.81. The van der Waals surface area contributed by atoms with Gasteiger partial charge in [-0.15, -0.1) is 0 Å². The van der Waals surface area contributed by atoms with Crippen molar-refractivity contribution >= 4 is 72.0 Å². The Balaban J connectivity index is 0.000000150. The summed E-state index contributed by atoms with van der Waals surface area (Å²) in [5, 5.41) is 25.7. The minimum absolute atomic E-state index is 0.528. The molecule has 6 aliphatic heterocycles. The Morgan fingerprint density at radius 1 is 0.500 bits per heavy atom. The molecule has 7 aromatic rings. The number of hydrogen-bond acceptors (Lipinski definition) is 20. The summed E-state index contributed by atoms with van der Waals surface area (Å²) in [5.41, 5.74) is 23.8. The molecule has 0 radical (unpaired) electrons. The van der Waals surface area contributed by atoms with Gasteiger partial charge >= 0.3 is 16.1 Å². The SMILES string of the molecule is COS(=O)(=O)OC.COS(=O)(=O)[O-].C[n+]1ccc(N=Nc2cc3c4c(c2)CCCN4CCC3)cc1.N#[N+]c1ccncc1.Nc1ccncc1.c1cc(N=Nc2cc3c4c(c2)CCCN4CCC3)ccn1.c1cc2c3c(c1)CCCN3CCC2. The molecule has 22 nitrogen and oxygen atoms in total. The Morgan fingerprint density at radius 2 is 0.821 bits per heavy atom. The van der Waals surface area contributed by atoms with Crippen LogP contribution in [-0.2, 0) is 78.9 Å². The van der Waals surface area contributed by atoms with Crippen LogP contribution < -0.4 is 25.0 Å². The minimum atomic E-state index is -4.41. The number of para-hydroxylation sites is 1. The van der Waals surface area contributed by atoms with E-state index in [4.69, 9.17) is 11.1 Å². The first-order valence-electron chi connectivity index (χ1n) is 27.8. The molecule has 0 aliphatic carbocycles.